The van der Waals surface area contributed by atoms with Crippen LogP contribution in [-0.4, -0.2) is 72.6 Å². The summed E-state index contributed by atoms with van der Waals surface area (Å²) in [5, 5.41) is 0. The van der Waals surface area contributed by atoms with E-state index in [2.05, 4.69) is 64.1 Å². The van der Waals surface area contributed by atoms with Gasteiger partial charge in [-0.25, -0.2) is 0 Å². The van der Waals surface area contributed by atoms with Crippen LogP contribution >= 0.6 is 0 Å². The molecular formula is C26H33N3O3. The Bertz CT molecular complexity index is 935. The van der Waals surface area contributed by atoms with Crippen molar-refractivity contribution < 1.29 is 14.3 Å². The molecule has 2 saturated heterocycles. The van der Waals surface area contributed by atoms with Crippen molar-refractivity contribution in [3.63, 3.8) is 0 Å². The number of likely N-dealkylation sites (tertiary alicyclic amines) is 1. The molecule has 5 rings (SSSR count). The van der Waals surface area contributed by atoms with Gasteiger partial charge in [0.05, 0.1) is 12.6 Å². The van der Waals surface area contributed by atoms with E-state index in [1.165, 1.54) is 5.56 Å². The van der Waals surface area contributed by atoms with Gasteiger partial charge in [-0.1, -0.05) is 36.4 Å². The molecule has 0 aromatic heterocycles. The number of rotatable bonds is 5. The lowest BCUT2D eigenvalue weighted by molar-refractivity contribution is -0.134. The number of ether oxygens (including phenoxy) is 2. The number of nitrogens with zero attached hydrogens (tertiary/aromatic N) is 3. The number of fused-ring (bicyclic) bond motifs is 1. The van der Waals surface area contributed by atoms with Crippen LogP contribution < -0.4 is 9.47 Å². The SMILES string of the molecule is C[C@@H]1CN(Cc2ccccc2)CCN1CC(=O)N1CCCC1c1ccc2c(c1)OCCO2. The Kier molecular flexibility index (Phi) is 6.32. The van der Waals surface area contributed by atoms with E-state index in [0.29, 0.717) is 25.8 Å². The summed E-state index contributed by atoms with van der Waals surface area (Å²) in [6.07, 6.45) is 2.05. The van der Waals surface area contributed by atoms with Crippen LogP contribution in [0.1, 0.15) is 36.9 Å². The van der Waals surface area contributed by atoms with Gasteiger partial charge in [0.2, 0.25) is 5.91 Å². The monoisotopic (exact) mass is 435 g/mol. The van der Waals surface area contributed by atoms with Crippen molar-refractivity contribution in [2.24, 2.45) is 0 Å². The quantitative estimate of drug-likeness (QED) is 0.721. The van der Waals surface area contributed by atoms with Gasteiger partial charge in [-0.2, -0.15) is 0 Å². The predicted molar refractivity (Wildman–Crippen MR) is 124 cm³/mol. The maximum Gasteiger partial charge on any atom is 0.237 e. The average Bonchev–Trinajstić information content (AvgIpc) is 3.31. The molecule has 0 spiro atoms. The number of amides is 1. The lowest BCUT2D eigenvalue weighted by atomic mass is 10.0. The van der Waals surface area contributed by atoms with Crippen LogP contribution in [0.5, 0.6) is 11.5 Å². The van der Waals surface area contributed by atoms with Gasteiger partial charge in [-0.15, -0.1) is 0 Å². The molecule has 2 aromatic carbocycles. The lowest BCUT2D eigenvalue weighted by Gasteiger charge is -2.40. The van der Waals surface area contributed by atoms with Crippen molar-refractivity contribution in [2.45, 2.75) is 38.4 Å². The number of hydrogen-bond donors (Lipinski definition) is 0. The fourth-order valence-corrected chi connectivity index (χ4v) is 5.23. The Balaban J connectivity index is 1.19. The lowest BCUT2D eigenvalue weighted by Crippen LogP contribution is -2.54. The van der Waals surface area contributed by atoms with Gasteiger partial charge < -0.3 is 14.4 Å². The first-order valence-electron chi connectivity index (χ1n) is 11.9. The highest BCUT2D eigenvalue weighted by Crippen LogP contribution is 2.38. The summed E-state index contributed by atoms with van der Waals surface area (Å²) in [5.41, 5.74) is 2.50. The van der Waals surface area contributed by atoms with Crippen LogP contribution in [0.2, 0.25) is 0 Å². The maximum atomic E-state index is 13.3. The number of piperazine rings is 1. The van der Waals surface area contributed by atoms with E-state index in [0.717, 1.165) is 62.6 Å². The third-order valence-corrected chi connectivity index (χ3v) is 6.96. The summed E-state index contributed by atoms with van der Waals surface area (Å²) in [6, 6.07) is 17.3. The van der Waals surface area contributed by atoms with Crippen LogP contribution in [0.4, 0.5) is 0 Å². The molecule has 170 valence electrons. The Morgan fingerprint density at radius 3 is 2.62 bits per heavy atom. The molecule has 2 aromatic rings. The molecule has 6 heteroatoms. The zero-order chi connectivity index (χ0) is 21.9. The smallest absolute Gasteiger partial charge is 0.237 e. The van der Waals surface area contributed by atoms with Crippen LogP contribution in [0.25, 0.3) is 0 Å². The van der Waals surface area contributed by atoms with E-state index < -0.39 is 0 Å². The molecule has 0 saturated carbocycles. The van der Waals surface area contributed by atoms with Gasteiger partial charge >= 0.3 is 0 Å². The first-order valence-corrected chi connectivity index (χ1v) is 11.9. The summed E-state index contributed by atoms with van der Waals surface area (Å²) in [7, 11) is 0. The first-order chi connectivity index (χ1) is 15.7. The summed E-state index contributed by atoms with van der Waals surface area (Å²) in [4.78, 5) is 20.2. The molecule has 3 heterocycles. The van der Waals surface area contributed by atoms with Crippen LogP contribution in [0.15, 0.2) is 48.5 Å². The van der Waals surface area contributed by atoms with E-state index in [9.17, 15) is 4.79 Å². The predicted octanol–water partition coefficient (Wildman–Crippen LogP) is 3.33. The molecule has 2 fully saturated rings. The average molecular weight is 436 g/mol. The van der Waals surface area contributed by atoms with Crippen LogP contribution in [0.3, 0.4) is 0 Å². The highest BCUT2D eigenvalue weighted by molar-refractivity contribution is 5.79. The second kappa shape index (κ2) is 9.51. The van der Waals surface area contributed by atoms with Gasteiger partial charge in [0.25, 0.3) is 0 Å². The van der Waals surface area contributed by atoms with Crippen molar-refractivity contribution >= 4 is 5.91 Å². The fraction of sp³-hybridized carbons (Fsp3) is 0.500. The molecule has 0 aliphatic carbocycles. The maximum absolute atomic E-state index is 13.3. The molecule has 3 aliphatic rings. The third-order valence-electron chi connectivity index (χ3n) is 6.96. The number of carbonyl (C=O) groups excluding carboxylic acids is 1. The zero-order valence-corrected chi connectivity index (χ0v) is 18.9. The van der Waals surface area contributed by atoms with E-state index in [1.807, 2.05) is 6.07 Å². The molecule has 1 unspecified atom stereocenters. The number of benzene rings is 2. The number of carbonyl (C=O) groups is 1. The van der Waals surface area contributed by atoms with Crippen LogP contribution in [-0.2, 0) is 11.3 Å². The molecule has 6 nitrogen and oxygen atoms in total. The van der Waals surface area contributed by atoms with Gasteiger partial charge in [0.1, 0.15) is 13.2 Å². The highest BCUT2D eigenvalue weighted by atomic mass is 16.6. The Morgan fingerprint density at radius 1 is 1.00 bits per heavy atom. The van der Waals surface area contributed by atoms with E-state index in [-0.39, 0.29) is 11.9 Å². The van der Waals surface area contributed by atoms with Gasteiger partial charge in [0, 0.05) is 38.8 Å². The van der Waals surface area contributed by atoms with Gasteiger partial charge in [-0.05, 0) is 43.0 Å². The Morgan fingerprint density at radius 2 is 1.81 bits per heavy atom. The van der Waals surface area contributed by atoms with E-state index in [4.69, 9.17) is 9.47 Å². The standard InChI is InChI=1S/C26H33N3O3/c1-20-17-27(18-21-6-3-2-4-7-21)12-13-28(20)19-26(30)29-11-5-8-23(29)22-9-10-24-25(16-22)32-15-14-31-24/h2-4,6-7,9-10,16,20,23H,5,8,11-15,17-19H2,1H3/t20-,23?/m1/s1. The van der Waals surface area contributed by atoms with Crippen molar-refractivity contribution in [1.29, 1.82) is 0 Å². The molecule has 3 aliphatic heterocycles. The summed E-state index contributed by atoms with van der Waals surface area (Å²) in [5.74, 6) is 1.85. The van der Waals surface area contributed by atoms with Crippen LogP contribution in [0, 0.1) is 0 Å². The van der Waals surface area contributed by atoms with Crippen molar-refractivity contribution in [2.75, 3.05) is 45.9 Å². The van der Waals surface area contributed by atoms with Gasteiger partial charge in [-0.3, -0.25) is 14.6 Å². The minimum atomic E-state index is 0.132. The minimum Gasteiger partial charge on any atom is -0.486 e. The molecular weight excluding hydrogens is 402 g/mol. The molecule has 0 N–H and O–H groups in total. The fourth-order valence-electron chi connectivity index (χ4n) is 5.23. The molecule has 32 heavy (non-hydrogen) atoms. The molecule has 0 bridgehead atoms. The Labute approximate surface area is 190 Å². The topological polar surface area (TPSA) is 45.2 Å². The normalized spacial score (nSPS) is 24.0. The number of hydrogen-bond acceptors (Lipinski definition) is 5. The largest absolute Gasteiger partial charge is 0.486 e. The summed E-state index contributed by atoms with van der Waals surface area (Å²) >= 11 is 0. The minimum absolute atomic E-state index is 0.132. The van der Waals surface area contributed by atoms with E-state index >= 15 is 0 Å². The van der Waals surface area contributed by atoms with Crippen molar-refractivity contribution in [1.82, 2.24) is 14.7 Å². The van der Waals surface area contributed by atoms with E-state index in [1.54, 1.807) is 0 Å². The molecule has 0 radical (unpaired) electrons. The second-order valence-corrected chi connectivity index (χ2v) is 9.19. The van der Waals surface area contributed by atoms with Gasteiger partial charge in [0.15, 0.2) is 11.5 Å². The second-order valence-electron chi connectivity index (χ2n) is 9.19. The zero-order valence-electron chi connectivity index (χ0n) is 18.9. The first kappa shape index (κ1) is 21.3. The summed E-state index contributed by atoms with van der Waals surface area (Å²) in [6.45, 7) is 8.66. The Hall–Kier alpha value is -2.57. The third kappa shape index (κ3) is 4.62. The summed E-state index contributed by atoms with van der Waals surface area (Å²) < 4.78 is 11.4. The van der Waals surface area contributed by atoms with Crippen molar-refractivity contribution in [3.05, 3.63) is 59.7 Å². The van der Waals surface area contributed by atoms with Crippen molar-refractivity contribution in [3.8, 4) is 11.5 Å². The highest BCUT2D eigenvalue weighted by Gasteiger charge is 2.33. The molecule has 1 amide bonds. The molecule has 2 atom stereocenters.